The molecule has 1 saturated heterocycles. The molecule has 19 heavy (non-hydrogen) atoms. The van der Waals surface area contributed by atoms with E-state index in [1.54, 1.807) is 13.0 Å². The van der Waals surface area contributed by atoms with E-state index in [0.717, 1.165) is 12.8 Å². The molecule has 1 aromatic carbocycles. The third-order valence-electron chi connectivity index (χ3n) is 3.50. The fraction of sp³-hybridized carbons (Fsp3) is 0.538. The van der Waals surface area contributed by atoms with Crippen LogP contribution in [0.4, 0.5) is 4.39 Å². The van der Waals surface area contributed by atoms with E-state index in [-0.39, 0.29) is 10.9 Å². The Hall–Kier alpha value is -0.980. The highest BCUT2D eigenvalue weighted by Gasteiger charge is 2.31. The van der Waals surface area contributed by atoms with Gasteiger partial charge in [0.1, 0.15) is 10.7 Å². The Morgan fingerprint density at radius 3 is 2.79 bits per heavy atom. The number of nitrogens with one attached hydrogen (secondary N) is 1. The molecule has 1 aliphatic rings. The van der Waals surface area contributed by atoms with Crippen LogP contribution in [0.2, 0.25) is 0 Å². The largest absolute Gasteiger partial charge is 0.316 e. The van der Waals surface area contributed by atoms with E-state index in [9.17, 15) is 12.8 Å². The van der Waals surface area contributed by atoms with Crippen LogP contribution in [0.15, 0.2) is 23.1 Å². The number of likely N-dealkylation sites (N-methyl/N-ethyl adjacent to an activating group) is 1. The number of aryl methyl sites for hydroxylation is 1. The van der Waals surface area contributed by atoms with Gasteiger partial charge in [0.05, 0.1) is 0 Å². The molecule has 1 fully saturated rings. The second-order valence-electron chi connectivity index (χ2n) is 4.92. The van der Waals surface area contributed by atoms with Crippen molar-refractivity contribution < 1.29 is 12.8 Å². The van der Waals surface area contributed by atoms with Crippen LogP contribution < -0.4 is 5.32 Å². The molecule has 1 atom stereocenters. The second kappa shape index (κ2) is 5.56. The summed E-state index contributed by atoms with van der Waals surface area (Å²) in [7, 11) is -1.92. The molecule has 0 amide bonds. The molecule has 0 bridgehead atoms. The van der Waals surface area contributed by atoms with Crippen LogP contribution in [0.3, 0.4) is 0 Å². The van der Waals surface area contributed by atoms with Crippen molar-refractivity contribution in [2.75, 3.05) is 20.1 Å². The van der Waals surface area contributed by atoms with Gasteiger partial charge in [-0.1, -0.05) is 6.07 Å². The Labute approximate surface area is 113 Å². The smallest absolute Gasteiger partial charge is 0.246 e. The van der Waals surface area contributed by atoms with Gasteiger partial charge < -0.3 is 5.32 Å². The first-order valence-electron chi connectivity index (χ1n) is 6.38. The third-order valence-corrected chi connectivity index (χ3v) is 5.40. The molecular formula is C13H19FN2O2S. The molecule has 0 spiro atoms. The summed E-state index contributed by atoms with van der Waals surface area (Å²) >= 11 is 0. The zero-order valence-electron chi connectivity index (χ0n) is 11.2. The zero-order chi connectivity index (χ0) is 14.0. The van der Waals surface area contributed by atoms with Gasteiger partial charge in [-0.2, -0.15) is 4.31 Å². The lowest BCUT2D eigenvalue weighted by atomic mass is 10.1. The van der Waals surface area contributed by atoms with Crippen molar-refractivity contribution in [3.63, 3.8) is 0 Å². The number of halogens is 1. The van der Waals surface area contributed by atoms with E-state index < -0.39 is 15.8 Å². The number of hydrogen-bond acceptors (Lipinski definition) is 3. The lowest BCUT2D eigenvalue weighted by Crippen LogP contribution is -2.47. The molecule has 0 aromatic heterocycles. The Kier molecular flexibility index (Phi) is 4.23. The van der Waals surface area contributed by atoms with Gasteiger partial charge in [-0.15, -0.1) is 0 Å². The van der Waals surface area contributed by atoms with Crippen LogP contribution in [0, 0.1) is 12.7 Å². The van der Waals surface area contributed by atoms with Gasteiger partial charge in [0.25, 0.3) is 0 Å². The summed E-state index contributed by atoms with van der Waals surface area (Å²) < 4.78 is 40.1. The molecule has 1 heterocycles. The SMILES string of the molecule is CNC1CCCN(S(=O)(=O)c2ccc(C)cc2F)C1. The van der Waals surface area contributed by atoms with Gasteiger partial charge >= 0.3 is 0 Å². The van der Waals surface area contributed by atoms with Crippen molar-refractivity contribution in [2.24, 2.45) is 0 Å². The summed E-state index contributed by atoms with van der Waals surface area (Å²) in [6.07, 6.45) is 1.73. The van der Waals surface area contributed by atoms with E-state index in [1.807, 2.05) is 7.05 Å². The molecule has 1 unspecified atom stereocenters. The number of nitrogens with zero attached hydrogens (tertiary/aromatic N) is 1. The first-order valence-corrected chi connectivity index (χ1v) is 7.82. The van der Waals surface area contributed by atoms with Crippen LogP contribution in [-0.4, -0.2) is 38.9 Å². The van der Waals surface area contributed by atoms with Crippen LogP contribution in [0.25, 0.3) is 0 Å². The highest BCUT2D eigenvalue weighted by molar-refractivity contribution is 7.89. The second-order valence-corrected chi connectivity index (χ2v) is 6.83. The predicted molar refractivity (Wildman–Crippen MR) is 72.0 cm³/mol. The summed E-state index contributed by atoms with van der Waals surface area (Å²) in [6.45, 7) is 2.58. The number of piperidine rings is 1. The zero-order valence-corrected chi connectivity index (χ0v) is 12.0. The lowest BCUT2D eigenvalue weighted by molar-refractivity contribution is 0.292. The highest BCUT2D eigenvalue weighted by atomic mass is 32.2. The molecule has 0 aliphatic carbocycles. The monoisotopic (exact) mass is 286 g/mol. The van der Waals surface area contributed by atoms with Gasteiger partial charge in [-0.3, -0.25) is 0 Å². The molecule has 4 nitrogen and oxygen atoms in total. The van der Waals surface area contributed by atoms with Crippen LogP contribution in [-0.2, 0) is 10.0 Å². The van der Waals surface area contributed by atoms with E-state index in [4.69, 9.17) is 0 Å². The van der Waals surface area contributed by atoms with E-state index >= 15 is 0 Å². The number of hydrogen-bond donors (Lipinski definition) is 1. The van der Waals surface area contributed by atoms with Crippen molar-refractivity contribution in [3.8, 4) is 0 Å². The standard InChI is InChI=1S/C13H19FN2O2S/c1-10-5-6-13(12(14)8-10)19(17,18)16-7-3-4-11(9-16)15-2/h5-6,8,11,15H,3-4,7,9H2,1-2H3. The van der Waals surface area contributed by atoms with Gasteiger partial charge in [0.15, 0.2) is 0 Å². The van der Waals surface area contributed by atoms with Crippen LogP contribution in [0.5, 0.6) is 0 Å². The highest BCUT2D eigenvalue weighted by Crippen LogP contribution is 2.23. The van der Waals surface area contributed by atoms with Crippen molar-refractivity contribution in [1.82, 2.24) is 9.62 Å². The molecule has 6 heteroatoms. The molecule has 0 saturated carbocycles. The summed E-state index contributed by atoms with van der Waals surface area (Å²) in [5.74, 6) is -0.674. The summed E-state index contributed by atoms with van der Waals surface area (Å²) in [5.41, 5.74) is 0.711. The Morgan fingerprint density at radius 1 is 1.42 bits per heavy atom. The van der Waals surface area contributed by atoms with Gasteiger partial charge in [0, 0.05) is 19.1 Å². The van der Waals surface area contributed by atoms with Gasteiger partial charge in [-0.05, 0) is 44.5 Å². The van der Waals surface area contributed by atoms with Crippen molar-refractivity contribution in [1.29, 1.82) is 0 Å². The quantitative estimate of drug-likeness (QED) is 0.916. The minimum Gasteiger partial charge on any atom is -0.316 e. The fourth-order valence-corrected chi connectivity index (χ4v) is 3.92. The van der Waals surface area contributed by atoms with E-state index in [1.165, 1.54) is 16.4 Å². The van der Waals surface area contributed by atoms with Crippen molar-refractivity contribution >= 4 is 10.0 Å². The maximum atomic E-state index is 13.9. The molecule has 2 rings (SSSR count). The number of sulfonamides is 1. The molecule has 106 valence electrons. The third kappa shape index (κ3) is 2.96. The van der Waals surface area contributed by atoms with Crippen molar-refractivity contribution in [3.05, 3.63) is 29.6 Å². The molecule has 1 N–H and O–H groups in total. The maximum Gasteiger partial charge on any atom is 0.246 e. The first kappa shape index (κ1) is 14.4. The lowest BCUT2D eigenvalue weighted by Gasteiger charge is -2.31. The predicted octanol–water partition coefficient (Wildman–Crippen LogP) is 1.51. The van der Waals surface area contributed by atoms with Crippen molar-refractivity contribution in [2.45, 2.75) is 30.7 Å². The Bertz CT molecular complexity index is 560. The van der Waals surface area contributed by atoms with E-state index in [0.29, 0.717) is 18.7 Å². The molecule has 1 aromatic rings. The maximum absolute atomic E-state index is 13.9. The summed E-state index contributed by atoms with van der Waals surface area (Å²) in [4.78, 5) is -0.227. The van der Waals surface area contributed by atoms with Crippen LogP contribution >= 0.6 is 0 Å². The Morgan fingerprint density at radius 2 is 2.16 bits per heavy atom. The average Bonchev–Trinajstić information content (AvgIpc) is 2.38. The summed E-state index contributed by atoms with van der Waals surface area (Å²) in [6, 6.07) is 4.36. The minimum atomic E-state index is -3.73. The molecule has 0 radical (unpaired) electrons. The normalized spacial score (nSPS) is 21.5. The van der Waals surface area contributed by atoms with Gasteiger partial charge in [0.2, 0.25) is 10.0 Å². The Balaban J connectivity index is 2.31. The van der Waals surface area contributed by atoms with E-state index in [2.05, 4.69) is 5.32 Å². The average molecular weight is 286 g/mol. The molecule has 1 aliphatic heterocycles. The topological polar surface area (TPSA) is 49.4 Å². The number of rotatable bonds is 3. The van der Waals surface area contributed by atoms with Crippen LogP contribution in [0.1, 0.15) is 18.4 Å². The fourth-order valence-electron chi connectivity index (χ4n) is 2.35. The summed E-state index contributed by atoms with van der Waals surface area (Å²) in [5, 5.41) is 3.08. The first-order chi connectivity index (χ1) is 8.95. The molecular weight excluding hydrogens is 267 g/mol. The minimum absolute atomic E-state index is 0.136. The number of benzene rings is 1. The van der Waals surface area contributed by atoms with Gasteiger partial charge in [-0.25, -0.2) is 12.8 Å².